The van der Waals surface area contributed by atoms with Gasteiger partial charge in [0.2, 0.25) is 0 Å². The first-order valence-electron chi connectivity index (χ1n) is 11.3. The average Bonchev–Trinajstić information content (AvgIpc) is 3.21. The van der Waals surface area contributed by atoms with Crippen LogP contribution in [0, 0.1) is 0 Å². The minimum absolute atomic E-state index is 0.0627. The van der Waals surface area contributed by atoms with Gasteiger partial charge in [-0.15, -0.1) is 0 Å². The number of methoxy groups -OCH3 is 1. The molecule has 1 amide bonds. The molecule has 0 N–H and O–H groups in total. The third-order valence-corrected chi connectivity index (χ3v) is 7.15. The van der Waals surface area contributed by atoms with Crippen molar-refractivity contribution in [2.24, 2.45) is 0 Å². The van der Waals surface area contributed by atoms with E-state index in [1.165, 1.54) is 29.3 Å². The van der Waals surface area contributed by atoms with E-state index in [1.54, 1.807) is 12.1 Å². The number of carbonyl (C=O) groups excluding carboxylic acids is 2. The van der Waals surface area contributed by atoms with Crippen molar-refractivity contribution in [3.05, 3.63) is 106 Å². The van der Waals surface area contributed by atoms with Crippen LogP contribution in [0.1, 0.15) is 43.1 Å². The Hall–Kier alpha value is -3.38. The van der Waals surface area contributed by atoms with Crippen molar-refractivity contribution in [1.82, 2.24) is 9.47 Å². The second-order valence-corrected chi connectivity index (χ2v) is 9.09. The van der Waals surface area contributed by atoms with Crippen LogP contribution in [0.2, 0.25) is 0 Å². The minimum atomic E-state index is -0.339. The number of halogens is 1. The number of para-hydroxylation sites is 1. The summed E-state index contributed by atoms with van der Waals surface area (Å²) in [4.78, 5) is 27.1. The summed E-state index contributed by atoms with van der Waals surface area (Å²) in [6.07, 6.45) is 0.827. The number of hydrogen-bond donors (Lipinski definition) is 0. The number of benzene rings is 3. The monoisotopic (exact) mass is 516 g/mol. The van der Waals surface area contributed by atoms with Gasteiger partial charge in [-0.2, -0.15) is 0 Å². The zero-order valence-corrected chi connectivity index (χ0v) is 20.5. The molecule has 34 heavy (non-hydrogen) atoms. The van der Waals surface area contributed by atoms with Crippen LogP contribution in [0.25, 0.3) is 10.9 Å². The Bertz CT molecular complexity index is 1370. The highest BCUT2D eigenvalue weighted by Crippen LogP contribution is 2.32. The number of nitrogens with zero attached hydrogens (tertiary/aromatic N) is 2. The summed E-state index contributed by atoms with van der Waals surface area (Å²) >= 11 is 3.48. The Balaban J connectivity index is 1.49. The summed E-state index contributed by atoms with van der Waals surface area (Å²) in [7, 11) is 1.39. The van der Waals surface area contributed by atoms with Crippen molar-refractivity contribution in [2.45, 2.75) is 24.8 Å². The van der Waals surface area contributed by atoms with Crippen molar-refractivity contribution < 1.29 is 14.3 Å². The molecule has 1 aliphatic rings. The zero-order chi connectivity index (χ0) is 23.7. The molecule has 2 heterocycles. The third kappa shape index (κ3) is 4.14. The second kappa shape index (κ2) is 9.47. The van der Waals surface area contributed by atoms with Crippen molar-refractivity contribution in [3.8, 4) is 0 Å². The Kier molecular flexibility index (Phi) is 6.24. The van der Waals surface area contributed by atoms with Crippen LogP contribution in [0.15, 0.2) is 72.8 Å². The Morgan fingerprint density at radius 3 is 2.50 bits per heavy atom. The number of ether oxygens (including phenoxy) is 1. The number of amides is 1. The van der Waals surface area contributed by atoms with Crippen LogP contribution in [0.3, 0.4) is 0 Å². The van der Waals surface area contributed by atoms with E-state index in [0.717, 1.165) is 28.4 Å². The summed E-state index contributed by atoms with van der Waals surface area (Å²) in [5.41, 5.74) is 7.10. The van der Waals surface area contributed by atoms with Crippen molar-refractivity contribution >= 4 is 38.7 Å². The molecular weight excluding hydrogens is 492 g/mol. The van der Waals surface area contributed by atoms with Gasteiger partial charge in [-0.05, 0) is 53.4 Å². The molecule has 6 heteroatoms. The lowest BCUT2D eigenvalue weighted by Gasteiger charge is -2.29. The number of alkyl halides is 1. The molecule has 5 rings (SSSR count). The van der Waals surface area contributed by atoms with Crippen LogP contribution >= 0.6 is 15.9 Å². The lowest BCUT2D eigenvalue weighted by Crippen LogP contribution is -2.36. The first-order chi connectivity index (χ1) is 16.6. The largest absolute Gasteiger partial charge is 0.465 e. The number of esters is 1. The molecule has 0 radical (unpaired) electrons. The Morgan fingerprint density at radius 1 is 0.941 bits per heavy atom. The second-order valence-electron chi connectivity index (χ2n) is 8.53. The van der Waals surface area contributed by atoms with Gasteiger partial charge in [0.25, 0.3) is 5.91 Å². The predicted octanol–water partition coefficient (Wildman–Crippen LogP) is 5.57. The molecule has 1 aliphatic heterocycles. The molecule has 1 aromatic heterocycles. The lowest BCUT2D eigenvalue weighted by atomic mass is 10.0. The SMILES string of the molecule is COC(=O)c1ccc(Cn2c3c(c4ccccc42)CCN(C(=O)c2cccc(CBr)c2)C3)cc1. The van der Waals surface area contributed by atoms with E-state index in [0.29, 0.717) is 25.2 Å². The topological polar surface area (TPSA) is 51.5 Å². The summed E-state index contributed by atoms with van der Waals surface area (Å²) in [6, 6.07) is 23.8. The van der Waals surface area contributed by atoms with E-state index in [1.807, 2.05) is 41.3 Å². The smallest absolute Gasteiger partial charge is 0.337 e. The van der Waals surface area contributed by atoms with Crippen LogP contribution < -0.4 is 0 Å². The van der Waals surface area contributed by atoms with Gasteiger partial charge in [-0.1, -0.05) is 58.4 Å². The molecule has 0 bridgehead atoms. The standard InChI is InChI=1S/C28H25BrN2O3/c1-34-28(33)21-11-9-19(10-12-21)17-31-25-8-3-2-7-23(25)24-13-14-30(18-26(24)31)27(32)22-6-4-5-20(15-22)16-29/h2-12,15H,13-14,16-18H2,1H3. The molecule has 0 atom stereocenters. The van der Waals surface area contributed by atoms with Crippen molar-refractivity contribution in [3.63, 3.8) is 0 Å². The maximum absolute atomic E-state index is 13.3. The van der Waals surface area contributed by atoms with E-state index in [4.69, 9.17) is 4.74 Å². The fourth-order valence-electron chi connectivity index (χ4n) is 4.76. The van der Waals surface area contributed by atoms with Gasteiger partial charge in [-0.25, -0.2) is 4.79 Å². The minimum Gasteiger partial charge on any atom is -0.465 e. The van der Waals surface area contributed by atoms with Gasteiger partial charge < -0.3 is 14.2 Å². The third-order valence-electron chi connectivity index (χ3n) is 6.50. The summed E-state index contributed by atoms with van der Waals surface area (Å²) in [5, 5.41) is 1.97. The first-order valence-corrected chi connectivity index (χ1v) is 12.4. The molecule has 0 saturated carbocycles. The zero-order valence-electron chi connectivity index (χ0n) is 19.0. The van der Waals surface area contributed by atoms with Gasteiger partial charge in [0.05, 0.1) is 19.2 Å². The van der Waals surface area contributed by atoms with E-state index < -0.39 is 0 Å². The van der Waals surface area contributed by atoms with Crippen molar-refractivity contribution in [1.29, 1.82) is 0 Å². The van der Waals surface area contributed by atoms with Gasteiger partial charge in [0.1, 0.15) is 0 Å². The number of hydrogen-bond acceptors (Lipinski definition) is 3. The van der Waals surface area contributed by atoms with Gasteiger partial charge >= 0.3 is 5.97 Å². The fraction of sp³-hybridized carbons (Fsp3) is 0.214. The molecule has 5 nitrogen and oxygen atoms in total. The Labute approximate surface area is 207 Å². The quantitative estimate of drug-likeness (QED) is 0.257. The van der Waals surface area contributed by atoms with Gasteiger partial charge in [0, 0.05) is 40.6 Å². The number of carbonyl (C=O) groups is 2. The van der Waals surface area contributed by atoms with E-state index in [9.17, 15) is 9.59 Å². The van der Waals surface area contributed by atoms with E-state index in [-0.39, 0.29) is 11.9 Å². The van der Waals surface area contributed by atoms with Crippen LogP contribution in [-0.2, 0) is 29.6 Å². The normalized spacial score (nSPS) is 13.1. The number of aromatic nitrogens is 1. The molecule has 172 valence electrons. The van der Waals surface area contributed by atoms with Crippen LogP contribution in [0.4, 0.5) is 0 Å². The molecular formula is C28H25BrN2O3. The maximum Gasteiger partial charge on any atom is 0.337 e. The number of rotatable bonds is 5. The highest BCUT2D eigenvalue weighted by molar-refractivity contribution is 9.08. The molecule has 4 aromatic rings. The summed E-state index contributed by atoms with van der Waals surface area (Å²) in [6.45, 7) is 1.94. The summed E-state index contributed by atoms with van der Waals surface area (Å²) in [5.74, 6) is -0.277. The summed E-state index contributed by atoms with van der Waals surface area (Å²) < 4.78 is 7.13. The fourth-order valence-corrected chi connectivity index (χ4v) is 5.11. The molecule has 0 fully saturated rings. The van der Waals surface area contributed by atoms with E-state index >= 15 is 0 Å². The number of fused-ring (bicyclic) bond motifs is 3. The molecule has 0 aliphatic carbocycles. The van der Waals surface area contributed by atoms with Crippen LogP contribution in [-0.4, -0.2) is 35.0 Å². The highest BCUT2D eigenvalue weighted by atomic mass is 79.9. The van der Waals surface area contributed by atoms with Crippen LogP contribution in [0.5, 0.6) is 0 Å². The average molecular weight is 517 g/mol. The predicted molar refractivity (Wildman–Crippen MR) is 136 cm³/mol. The Morgan fingerprint density at radius 2 is 1.74 bits per heavy atom. The van der Waals surface area contributed by atoms with Gasteiger partial charge in [-0.3, -0.25) is 4.79 Å². The molecule has 3 aromatic carbocycles. The van der Waals surface area contributed by atoms with Gasteiger partial charge in [0.15, 0.2) is 0 Å². The molecule has 0 unspecified atom stereocenters. The van der Waals surface area contributed by atoms with E-state index in [2.05, 4.69) is 44.8 Å². The highest BCUT2D eigenvalue weighted by Gasteiger charge is 2.27. The lowest BCUT2D eigenvalue weighted by molar-refractivity contribution is 0.0600. The maximum atomic E-state index is 13.3. The molecule has 0 saturated heterocycles. The first kappa shape index (κ1) is 22.4. The molecule has 0 spiro atoms. The van der Waals surface area contributed by atoms with Crippen molar-refractivity contribution in [2.75, 3.05) is 13.7 Å².